The second kappa shape index (κ2) is 4.55. The van der Waals surface area contributed by atoms with E-state index in [1.165, 1.54) is 11.8 Å². The Morgan fingerprint density at radius 2 is 2.13 bits per heavy atom. The summed E-state index contributed by atoms with van der Waals surface area (Å²) < 4.78 is 5.81. The number of nitrogens with zero attached hydrogens (tertiary/aromatic N) is 3. The second-order valence-corrected chi connectivity index (χ2v) is 7.81. The van der Waals surface area contributed by atoms with Gasteiger partial charge in [0.15, 0.2) is 5.41 Å². The number of rotatable bonds is 1. The van der Waals surface area contributed by atoms with Gasteiger partial charge in [0.05, 0.1) is 18.7 Å². The predicted octanol–water partition coefficient (Wildman–Crippen LogP) is 2.90. The first-order valence-electron chi connectivity index (χ1n) is 6.90. The van der Waals surface area contributed by atoms with Crippen LogP contribution in [-0.4, -0.2) is 23.3 Å². The third kappa shape index (κ3) is 1.46. The standard InChI is InChI=1S/C15H10Cl2N4OS/c16-8-1-2-9(10(17)5-8)11-13(6-18)12(20)21-15(14(11,13)7-19)22-3-4-23-15/h1-2,5,11H,3-4H2,(H2,20,21)/t11-,13+,14+,15+/m0/s1. The van der Waals surface area contributed by atoms with Crippen LogP contribution in [0.5, 0.6) is 0 Å². The number of thioether (sulfide) groups is 1. The van der Waals surface area contributed by atoms with Crippen LogP contribution in [0.4, 0.5) is 0 Å². The minimum absolute atomic E-state index is 0.145. The van der Waals surface area contributed by atoms with Crippen molar-refractivity contribution in [3.63, 3.8) is 0 Å². The smallest absolute Gasteiger partial charge is 0.230 e. The molecule has 0 bridgehead atoms. The monoisotopic (exact) mass is 364 g/mol. The Hall–Kier alpha value is -1.44. The Labute approximate surface area is 147 Å². The van der Waals surface area contributed by atoms with E-state index in [0.29, 0.717) is 28.0 Å². The molecule has 8 heteroatoms. The van der Waals surface area contributed by atoms with Gasteiger partial charge >= 0.3 is 0 Å². The summed E-state index contributed by atoms with van der Waals surface area (Å²) in [7, 11) is 0. The highest BCUT2D eigenvalue weighted by molar-refractivity contribution is 8.00. The summed E-state index contributed by atoms with van der Waals surface area (Å²) in [6.07, 6.45) is 0. The summed E-state index contributed by atoms with van der Waals surface area (Å²) in [6.45, 7) is 0.466. The zero-order chi connectivity index (χ0) is 16.5. The van der Waals surface area contributed by atoms with Crippen LogP contribution >= 0.6 is 35.0 Å². The van der Waals surface area contributed by atoms with E-state index in [-0.39, 0.29) is 5.84 Å². The molecule has 3 aliphatic rings. The lowest BCUT2D eigenvalue weighted by Gasteiger charge is -2.26. The molecule has 0 amide bonds. The molecule has 4 rings (SSSR count). The third-order valence-corrected chi connectivity index (χ3v) is 6.74. The van der Waals surface area contributed by atoms with Crippen LogP contribution in [0.15, 0.2) is 23.2 Å². The van der Waals surface area contributed by atoms with E-state index >= 15 is 0 Å². The van der Waals surface area contributed by atoms with Crippen LogP contribution in [0.3, 0.4) is 0 Å². The van der Waals surface area contributed by atoms with E-state index in [2.05, 4.69) is 17.1 Å². The molecule has 1 saturated carbocycles. The van der Waals surface area contributed by atoms with Gasteiger partial charge in [0.1, 0.15) is 11.3 Å². The van der Waals surface area contributed by atoms with Gasteiger partial charge in [0.2, 0.25) is 5.06 Å². The first-order valence-corrected chi connectivity index (χ1v) is 8.64. The number of ether oxygens (including phenoxy) is 1. The molecule has 116 valence electrons. The average molecular weight is 365 g/mol. The zero-order valence-electron chi connectivity index (χ0n) is 11.7. The number of aliphatic imine (C=N–C) groups is 1. The lowest BCUT2D eigenvalue weighted by atomic mass is 9.95. The summed E-state index contributed by atoms with van der Waals surface area (Å²) in [6, 6.07) is 9.57. The fourth-order valence-corrected chi connectivity index (χ4v) is 5.76. The quantitative estimate of drug-likeness (QED) is 0.826. The molecular weight excluding hydrogens is 355 g/mol. The van der Waals surface area contributed by atoms with Crippen molar-refractivity contribution in [2.24, 2.45) is 21.6 Å². The highest BCUT2D eigenvalue weighted by Gasteiger charge is 2.93. The molecule has 2 aliphatic heterocycles. The molecule has 0 radical (unpaired) electrons. The Bertz CT molecular complexity index is 839. The van der Waals surface area contributed by atoms with Crippen LogP contribution < -0.4 is 5.73 Å². The van der Waals surface area contributed by atoms with Crippen molar-refractivity contribution in [3.8, 4) is 12.1 Å². The molecular formula is C15H10Cl2N4OS. The Kier molecular flexibility index (Phi) is 2.99. The predicted molar refractivity (Wildman–Crippen MR) is 88.1 cm³/mol. The van der Waals surface area contributed by atoms with Crippen LogP contribution in [0.25, 0.3) is 0 Å². The van der Waals surface area contributed by atoms with Gasteiger partial charge in [-0.05, 0) is 17.7 Å². The van der Waals surface area contributed by atoms with Crippen molar-refractivity contribution in [3.05, 3.63) is 33.8 Å². The molecule has 4 atom stereocenters. The largest absolute Gasteiger partial charge is 0.386 e. The molecule has 2 N–H and O–H groups in total. The fraction of sp³-hybridized carbons (Fsp3) is 0.400. The molecule has 2 heterocycles. The maximum Gasteiger partial charge on any atom is 0.230 e. The van der Waals surface area contributed by atoms with Crippen LogP contribution in [0.2, 0.25) is 10.0 Å². The Balaban J connectivity index is 1.95. The van der Waals surface area contributed by atoms with Crippen molar-refractivity contribution < 1.29 is 4.74 Å². The van der Waals surface area contributed by atoms with Gasteiger partial charge in [-0.1, -0.05) is 41.0 Å². The lowest BCUT2D eigenvalue weighted by molar-refractivity contribution is 0.0200. The number of nitrogens with two attached hydrogens (primary N) is 1. The van der Waals surface area contributed by atoms with Gasteiger partial charge in [-0.3, -0.25) is 0 Å². The summed E-state index contributed by atoms with van der Waals surface area (Å²) in [5.74, 6) is 0.354. The van der Waals surface area contributed by atoms with E-state index in [9.17, 15) is 10.5 Å². The number of amidine groups is 1. The molecule has 1 aromatic rings. The first-order chi connectivity index (χ1) is 11.0. The first kappa shape index (κ1) is 15.1. The summed E-state index contributed by atoms with van der Waals surface area (Å²) in [5.41, 5.74) is 4.40. The molecule has 5 nitrogen and oxygen atoms in total. The SMILES string of the molecule is N#C[C@@]12[C@@H](c3ccc(Cl)cc3Cl)[C@]1(C#N)C(N)=N[C@@]21OCCS1. The summed E-state index contributed by atoms with van der Waals surface area (Å²) >= 11 is 13.7. The van der Waals surface area contributed by atoms with Crippen LogP contribution in [0.1, 0.15) is 11.5 Å². The van der Waals surface area contributed by atoms with E-state index in [1.54, 1.807) is 18.2 Å². The normalized spacial score (nSPS) is 40.3. The van der Waals surface area contributed by atoms with Gasteiger partial charge < -0.3 is 10.5 Å². The van der Waals surface area contributed by atoms with E-state index in [0.717, 1.165) is 0 Å². The van der Waals surface area contributed by atoms with E-state index in [1.807, 2.05) is 0 Å². The number of hydrogen-bond donors (Lipinski definition) is 1. The van der Waals surface area contributed by atoms with Gasteiger partial charge in [-0.25, -0.2) is 4.99 Å². The van der Waals surface area contributed by atoms with Gasteiger partial charge in [0, 0.05) is 21.7 Å². The molecule has 1 spiro atoms. The molecule has 1 aromatic carbocycles. The zero-order valence-corrected chi connectivity index (χ0v) is 14.0. The van der Waals surface area contributed by atoms with Gasteiger partial charge in [-0.2, -0.15) is 10.5 Å². The molecule has 0 aromatic heterocycles. The van der Waals surface area contributed by atoms with Crippen molar-refractivity contribution in [1.82, 2.24) is 0 Å². The average Bonchev–Trinajstić information content (AvgIpc) is 2.77. The molecule has 2 fully saturated rings. The molecule has 0 unspecified atom stereocenters. The lowest BCUT2D eigenvalue weighted by Crippen LogP contribution is -2.34. The van der Waals surface area contributed by atoms with Crippen molar-refractivity contribution >= 4 is 40.8 Å². The van der Waals surface area contributed by atoms with Gasteiger partial charge in [-0.15, -0.1) is 0 Å². The minimum atomic E-state index is -1.21. The topological polar surface area (TPSA) is 95.2 Å². The molecule has 1 aliphatic carbocycles. The molecule has 23 heavy (non-hydrogen) atoms. The number of halogens is 2. The Morgan fingerprint density at radius 1 is 1.35 bits per heavy atom. The van der Waals surface area contributed by atoms with Crippen LogP contribution in [0, 0.1) is 33.5 Å². The van der Waals surface area contributed by atoms with E-state index in [4.69, 9.17) is 33.7 Å². The highest BCUT2D eigenvalue weighted by atomic mass is 35.5. The van der Waals surface area contributed by atoms with Crippen molar-refractivity contribution in [2.45, 2.75) is 11.0 Å². The number of nitriles is 2. The Morgan fingerprint density at radius 3 is 2.70 bits per heavy atom. The summed E-state index contributed by atoms with van der Waals surface area (Å²) in [4.78, 5) is 4.38. The van der Waals surface area contributed by atoms with E-state index < -0.39 is 21.8 Å². The fourth-order valence-electron chi connectivity index (χ4n) is 3.92. The van der Waals surface area contributed by atoms with Crippen molar-refractivity contribution in [2.75, 3.05) is 12.4 Å². The maximum atomic E-state index is 9.99. The third-order valence-electron chi connectivity index (χ3n) is 4.88. The summed E-state index contributed by atoms with van der Waals surface area (Å²) in [5, 5.41) is 19.6. The van der Waals surface area contributed by atoms with Crippen LogP contribution in [-0.2, 0) is 4.74 Å². The highest BCUT2D eigenvalue weighted by Crippen LogP contribution is 2.84. The number of hydrogen-bond acceptors (Lipinski definition) is 6. The maximum absolute atomic E-state index is 9.99. The minimum Gasteiger partial charge on any atom is -0.386 e. The number of benzene rings is 1. The number of fused-ring (bicyclic) bond motifs is 2. The van der Waals surface area contributed by atoms with Crippen molar-refractivity contribution in [1.29, 1.82) is 10.5 Å². The second-order valence-electron chi connectivity index (χ2n) is 5.71. The van der Waals surface area contributed by atoms with Gasteiger partial charge in [0.25, 0.3) is 0 Å². The molecule has 1 saturated heterocycles.